The van der Waals surface area contributed by atoms with Gasteiger partial charge >= 0.3 is 0 Å². The molecule has 0 radical (unpaired) electrons. The van der Waals surface area contributed by atoms with Crippen LogP contribution in [0.4, 0.5) is 0 Å². The van der Waals surface area contributed by atoms with Crippen LogP contribution in [0, 0.1) is 0 Å². The summed E-state index contributed by atoms with van der Waals surface area (Å²) in [5, 5.41) is 11.6. The normalized spacial score (nSPS) is 17.2. The monoisotopic (exact) mass is 499 g/mol. The topological polar surface area (TPSA) is 76.1 Å². The van der Waals surface area contributed by atoms with Crippen molar-refractivity contribution in [2.75, 3.05) is 13.7 Å². The Bertz CT molecular complexity index is 1340. The molecule has 1 saturated heterocycles. The van der Waals surface area contributed by atoms with E-state index in [2.05, 4.69) is 20.8 Å². The van der Waals surface area contributed by atoms with Gasteiger partial charge in [-0.1, -0.05) is 69.3 Å². The van der Waals surface area contributed by atoms with E-state index in [0.717, 1.165) is 22.4 Å². The molecule has 0 bridgehead atoms. The molecule has 0 aliphatic carbocycles. The Hall–Kier alpha value is -4.06. The van der Waals surface area contributed by atoms with E-state index in [1.54, 1.807) is 13.2 Å². The molecule has 37 heavy (non-hydrogen) atoms. The third-order valence-corrected chi connectivity index (χ3v) is 6.55. The van der Waals surface area contributed by atoms with Gasteiger partial charge in [-0.2, -0.15) is 0 Å². The van der Waals surface area contributed by atoms with Gasteiger partial charge in [-0.05, 0) is 42.2 Å². The Balaban J connectivity index is 1.88. The van der Waals surface area contributed by atoms with Crippen LogP contribution in [0.1, 0.15) is 56.0 Å². The molecule has 3 aromatic carbocycles. The van der Waals surface area contributed by atoms with Crippen LogP contribution in [0.25, 0.3) is 5.76 Å². The zero-order valence-electron chi connectivity index (χ0n) is 21.9. The fraction of sp³-hybridized carbons (Fsp3) is 0.290. The quantitative estimate of drug-likeness (QED) is 0.245. The molecule has 0 spiro atoms. The highest BCUT2D eigenvalue weighted by Crippen LogP contribution is 2.42. The summed E-state index contributed by atoms with van der Waals surface area (Å²) in [7, 11) is 1.57. The predicted molar refractivity (Wildman–Crippen MR) is 144 cm³/mol. The molecule has 1 aliphatic heterocycles. The van der Waals surface area contributed by atoms with Crippen molar-refractivity contribution in [3.8, 4) is 11.5 Å². The fourth-order valence-corrected chi connectivity index (χ4v) is 4.74. The van der Waals surface area contributed by atoms with Gasteiger partial charge in [0.15, 0.2) is 0 Å². The minimum absolute atomic E-state index is 0.0649. The van der Waals surface area contributed by atoms with Crippen molar-refractivity contribution in [3.05, 3.63) is 101 Å². The molecule has 3 aromatic rings. The number of methoxy groups -OCH3 is 1. The minimum atomic E-state index is -0.754. The van der Waals surface area contributed by atoms with Gasteiger partial charge in [-0.3, -0.25) is 9.59 Å². The van der Waals surface area contributed by atoms with E-state index in [9.17, 15) is 14.7 Å². The van der Waals surface area contributed by atoms with Gasteiger partial charge in [0.25, 0.3) is 11.7 Å². The molecule has 1 aliphatic rings. The first-order chi connectivity index (χ1) is 17.7. The number of carbonyl (C=O) groups excluding carboxylic acids is 2. The lowest BCUT2D eigenvalue weighted by Crippen LogP contribution is -2.29. The van der Waals surface area contributed by atoms with Crippen molar-refractivity contribution in [3.63, 3.8) is 0 Å². The van der Waals surface area contributed by atoms with E-state index < -0.39 is 17.7 Å². The van der Waals surface area contributed by atoms with Crippen molar-refractivity contribution in [1.29, 1.82) is 0 Å². The van der Waals surface area contributed by atoms with Crippen LogP contribution in [-0.4, -0.2) is 35.4 Å². The maximum Gasteiger partial charge on any atom is 0.295 e. The summed E-state index contributed by atoms with van der Waals surface area (Å²) < 4.78 is 11.3. The maximum absolute atomic E-state index is 13.4. The van der Waals surface area contributed by atoms with Gasteiger partial charge in [-0.15, -0.1) is 0 Å². The van der Waals surface area contributed by atoms with Gasteiger partial charge in [0.1, 0.15) is 17.3 Å². The number of benzene rings is 3. The van der Waals surface area contributed by atoms with Crippen LogP contribution in [0.15, 0.2) is 78.4 Å². The smallest absolute Gasteiger partial charge is 0.295 e. The summed E-state index contributed by atoms with van der Waals surface area (Å²) in [5.74, 6) is -0.237. The second-order valence-electron chi connectivity index (χ2n) is 10.0. The van der Waals surface area contributed by atoms with Crippen molar-refractivity contribution in [1.82, 2.24) is 4.90 Å². The van der Waals surface area contributed by atoms with Gasteiger partial charge in [0.05, 0.1) is 31.9 Å². The summed E-state index contributed by atoms with van der Waals surface area (Å²) in [6, 6.07) is 21.3. The standard InChI is InChI=1S/C31H33NO5/c1-6-37-25-17-16-21(18-23(25)31(2,3)4)28(33)26-27(20-12-8-7-9-13-20)32(30(35)29(26)34)19-22-14-10-11-15-24(22)36-5/h7-18,27,33H,6,19H2,1-5H3/b28-26-. The number of amides is 1. The number of likely N-dealkylation sites (tertiary alicyclic amines) is 1. The van der Waals surface area contributed by atoms with Crippen LogP contribution < -0.4 is 9.47 Å². The first kappa shape index (κ1) is 26.0. The first-order valence-corrected chi connectivity index (χ1v) is 12.4. The lowest BCUT2D eigenvalue weighted by Gasteiger charge is -2.26. The Morgan fingerprint density at radius 3 is 2.27 bits per heavy atom. The summed E-state index contributed by atoms with van der Waals surface area (Å²) in [4.78, 5) is 28.3. The zero-order chi connectivity index (χ0) is 26.7. The van der Waals surface area contributed by atoms with E-state index >= 15 is 0 Å². The number of nitrogens with zero attached hydrogens (tertiary/aromatic N) is 1. The highest BCUT2D eigenvalue weighted by atomic mass is 16.5. The van der Waals surface area contributed by atoms with Crippen LogP contribution in [0.2, 0.25) is 0 Å². The van der Waals surface area contributed by atoms with Crippen LogP contribution >= 0.6 is 0 Å². The van der Waals surface area contributed by atoms with Gasteiger partial charge in [0, 0.05) is 16.7 Å². The number of hydrogen-bond acceptors (Lipinski definition) is 5. The Labute approximate surface area is 218 Å². The molecule has 1 amide bonds. The predicted octanol–water partition coefficient (Wildman–Crippen LogP) is 6.01. The van der Waals surface area contributed by atoms with Crippen molar-refractivity contribution in [2.24, 2.45) is 0 Å². The molecule has 192 valence electrons. The molecule has 1 heterocycles. The molecule has 4 rings (SSSR count). The number of Topliss-reactive ketones (excluding diaryl/α,β-unsaturated/α-hetero) is 1. The molecular weight excluding hydrogens is 466 g/mol. The highest BCUT2D eigenvalue weighted by Gasteiger charge is 2.46. The maximum atomic E-state index is 13.4. The number of rotatable bonds is 7. The number of ketones is 1. The Morgan fingerprint density at radius 2 is 1.62 bits per heavy atom. The molecule has 6 heteroatoms. The third kappa shape index (κ3) is 5.10. The minimum Gasteiger partial charge on any atom is -0.507 e. The van der Waals surface area contributed by atoms with Gasteiger partial charge < -0.3 is 19.5 Å². The third-order valence-electron chi connectivity index (χ3n) is 6.55. The largest absolute Gasteiger partial charge is 0.507 e. The van der Waals surface area contributed by atoms with Gasteiger partial charge in [0.2, 0.25) is 0 Å². The van der Waals surface area contributed by atoms with E-state index in [1.807, 2.05) is 73.7 Å². The molecule has 1 unspecified atom stereocenters. The number of para-hydroxylation sites is 1. The van der Waals surface area contributed by atoms with Crippen molar-refractivity contribution < 1.29 is 24.2 Å². The first-order valence-electron chi connectivity index (χ1n) is 12.4. The summed E-state index contributed by atoms with van der Waals surface area (Å²) in [6.07, 6.45) is 0. The number of carbonyl (C=O) groups is 2. The molecule has 1 fully saturated rings. The van der Waals surface area contributed by atoms with Crippen molar-refractivity contribution >= 4 is 17.4 Å². The van der Waals surface area contributed by atoms with E-state index in [4.69, 9.17) is 9.47 Å². The number of ether oxygens (including phenoxy) is 2. The average Bonchev–Trinajstić information content (AvgIpc) is 3.14. The van der Waals surface area contributed by atoms with Crippen LogP contribution in [-0.2, 0) is 21.5 Å². The molecule has 0 saturated carbocycles. The summed E-state index contributed by atoms with van der Waals surface area (Å²) in [6.45, 7) is 8.77. The second kappa shape index (κ2) is 10.5. The lowest BCUT2D eigenvalue weighted by atomic mass is 9.84. The Kier molecular flexibility index (Phi) is 7.39. The fourth-order valence-electron chi connectivity index (χ4n) is 4.74. The van der Waals surface area contributed by atoms with Crippen molar-refractivity contribution in [2.45, 2.75) is 45.7 Å². The summed E-state index contributed by atoms with van der Waals surface area (Å²) >= 11 is 0. The molecule has 1 atom stereocenters. The summed E-state index contributed by atoms with van der Waals surface area (Å²) in [5.41, 5.74) is 2.66. The van der Waals surface area contributed by atoms with Crippen LogP contribution in [0.5, 0.6) is 11.5 Å². The van der Waals surface area contributed by atoms with E-state index in [0.29, 0.717) is 17.9 Å². The van der Waals surface area contributed by atoms with Gasteiger partial charge in [-0.25, -0.2) is 0 Å². The number of hydrogen-bond donors (Lipinski definition) is 1. The lowest BCUT2D eigenvalue weighted by molar-refractivity contribution is -0.140. The highest BCUT2D eigenvalue weighted by molar-refractivity contribution is 6.46. The zero-order valence-corrected chi connectivity index (χ0v) is 21.9. The van der Waals surface area contributed by atoms with E-state index in [1.165, 1.54) is 4.90 Å². The molecule has 6 nitrogen and oxygen atoms in total. The second-order valence-corrected chi connectivity index (χ2v) is 10.0. The number of aliphatic hydroxyl groups excluding tert-OH is 1. The molecular formula is C31H33NO5. The average molecular weight is 500 g/mol. The Morgan fingerprint density at radius 1 is 0.946 bits per heavy atom. The molecule has 1 N–H and O–H groups in total. The van der Waals surface area contributed by atoms with E-state index in [-0.39, 0.29) is 23.3 Å². The SMILES string of the molecule is CCOc1ccc(/C(O)=C2/C(=O)C(=O)N(Cc3ccccc3OC)C2c2ccccc2)cc1C(C)(C)C. The van der Waals surface area contributed by atoms with Crippen LogP contribution in [0.3, 0.4) is 0 Å². The molecule has 0 aromatic heterocycles. The number of aliphatic hydroxyl groups is 1.